The number of benzene rings is 3. The minimum absolute atomic E-state index is 0.208. The maximum Gasteiger partial charge on any atom is 0.326 e. The second-order valence-electron chi connectivity index (χ2n) is 9.57. The van der Waals surface area contributed by atoms with Crippen molar-refractivity contribution in [3.8, 4) is 11.5 Å². The fraction of sp³-hybridized carbons (Fsp3) is 0.333. The highest BCUT2D eigenvalue weighted by Crippen LogP contribution is 2.33. The average molecular weight is 473 g/mol. The van der Waals surface area contributed by atoms with Crippen LogP contribution in [0.25, 0.3) is 10.8 Å². The number of piperazine rings is 1. The van der Waals surface area contributed by atoms with Crippen molar-refractivity contribution in [2.75, 3.05) is 39.6 Å². The van der Waals surface area contributed by atoms with Crippen LogP contribution in [0.5, 0.6) is 11.5 Å². The van der Waals surface area contributed by atoms with Crippen molar-refractivity contribution < 1.29 is 19.1 Å². The molecule has 0 radical (unpaired) electrons. The van der Waals surface area contributed by atoms with Crippen molar-refractivity contribution >= 4 is 22.7 Å². The third kappa shape index (κ3) is 3.98. The molecule has 1 atom stereocenters. The van der Waals surface area contributed by atoms with E-state index in [-0.39, 0.29) is 18.7 Å². The van der Waals surface area contributed by atoms with Gasteiger partial charge < -0.3 is 14.8 Å². The third-order valence-electron chi connectivity index (χ3n) is 7.25. The zero-order valence-electron chi connectivity index (χ0n) is 19.7. The first kappa shape index (κ1) is 21.9. The summed E-state index contributed by atoms with van der Waals surface area (Å²) in [6, 6.07) is 19.7. The summed E-state index contributed by atoms with van der Waals surface area (Å²) < 4.78 is 10.9. The van der Waals surface area contributed by atoms with E-state index in [1.54, 1.807) is 6.92 Å². The number of nitrogens with one attached hydrogen (secondary N) is 1. The first-order chi connectivity index (χ1) is 17.0. The highest BCUT2D eigenvalue weighted by molar-refractivity contribution is 6.07. The average Bonchev–Trinajstić information content (AvgIpc) is 3.43. The monoisotopic (exact) mass is 472 g/mol. The van der Waals surface area contributed by atoms with E-state index in [0.29, 0.717) is 6.67 Å². The van der Waals surface area contributed by atoms with Crippen molar-refractivity contribution in [1.82, 2.24) is 20.0 Å². The van der Waals surface area contributed by atoms with Gasteiger partial charge in [0, 0.05) is 32.7 Å². The van der Waals surface area contributed by atoms with E-state index in [1.165, 1.54) is 10.5 Å². The maximum absolute atomic E-state index is 13.4. The molecule has 3 aromatic rings. The summed E-state index contributed by atoms with van der Waals surface area (Å²) in [5.41, 5.74) is 0.913. The fourth-order valence-corrected chi connectivity index (χ4v) is 5.11. The van der Waals surface area contributed by atoms with E-state index in [4.69, 9.17) is 9.47 Å². The predicted molar refractivity (Wildman–Crippen MR) is 131 cm³/mol. The van der Waals surface area contributed by atoms with Crippen LogP contribution < -0.4 is 14.8 Å². The van der Waals surface area contributed by atoms with Crippen molar-refractivity contribution in [1.29, 1.82) is 0 Å². The zero-order chi connectivity index (χ0) is 24.0. The molecule has 3 aromatic carbocycles. The van der Waals surface area contributed by atoms with Gasteiger partial charge in [-0.3, -0.25) is 14.6 Å². The Balaban J connectivity index is 1.09. The molecule has 3 heterocycles. The van der Waals surface area contributed by atoms with Crippen molar-refractivity contribution in [2.24, 2.45) is 0 Å². The fourth-order valence-electron chi connectivity index (χ4n) is 5.11. The summed E-state index contributed by atoms with van der Waals surface area (Å²) in [5.74, 6) is 1.39. The number of imide groups is 1. The zero-order valence-corrected chi connectivity index (χ0v) is 19.7. The quantitative estimate of drug-likeness (QED) is 0.576. The normalized spacial score (nSPS) is 22.7. The second kappa shape index (κ2) is 8.55. The Hall–Kier alpha value is -3.62. The van der Waals surface area contributed by atoms with E-state index >= 15 is 0 Å². The molecule has 0 aromatic heterocycles. The molecule has 1 N–H and O–H groups in total. The molecule has 2 fully saturated rings. The number of hydrogen-bond acceptors (Lipinski definition) is 6. The number of amides is 3. The van der Waals surface area contributed by atoms with Gasteiger partial charge in [0.15, 0.2) is 11.5 Å². The Bertz CT molecular complexity index is 1300. The largest absolute Gasteiger partial charge is 0.454 e. The van der Waals surface area contributed by atoms with Gasteiger partial charge in [-0.05, 0) is 47.0 Å². The van der Waals surface area contributed by atoms with Crippen LogP contribution in [0.4, 0.5) is 4.79 Å². The lowest BCUT2D eigenvalue weighted by Gasteiger charge is -2.36. The van der Waals surface area contributed by atoms with Crippen LogP contribution in [0.3, 0.4) is 0 Å². The Morgan fingerprint density at radius 3 is 2.43 bits per heavy atom. The summed E-state index contributed by atoms with van der Waals surface area (Å²) >= 11 is 0. The van der Waals surface area contributed by atoms with Crippen LogP contribution in [0.15, 0.2) is 60.7 Å². The molecule has 1 unspecified atom stereocenters. The lowest BCUT2D eigenvalue weighted by molar-refractivity contribution is -0.132. The number of nitrogens with zero attached hydrogens (tertiary/aromatic N) is 3. The molecule has 0 aliphatic carbocycles. The van der Waals surface area contributed by atoms with E-state index < -0.39 is 5.54 Å². The standard InChI is InChI=1S/C27H28N4O4/c1-27(22-8-7-20-4-2-3-5-21(20)15-22)25(32)31(26(33)28-27)17-30-12-10-29(11-13-30)16-19-6-9-23-24(14-19)35-18-34-23/h2-9,14-15H,10-13,16-18H2,1H3,(H,28,33). The van der Waals surface area contributed by atoms with Crippen LogP contribution in [0.2, 0.25) is 0 Å². The predicted octanol–water partition coefficient (Wildman–Crippen LogP) is 3.11. The van der Waals surface area contributed by atoms with Gasteiger partial charge in [-0.2, -0.15) is 0 Å². The van der Waals surface area contributed by atoms with Crippen LogP contribution in [0, 0.1) is 0 Å². The third-order valence-corrected chi connectivity index (χ3v) is 7.25. The van der Waals surface area contributed by atoms with Gasteiger partial charge in [0.25, 0.3) is 5.91 Å². The number of hydrogen-bond donors (Lipinski definition) is 1. The van der Waals surface area contributed by atoms with Crippen molar-refractivity contribution in [3.63, 3.8) is 0 Å². The van der Waals surface area contributed by atoms with Gasteiger partial charge in [0.05, 0.1) is 6.67 Å². The Labute approximate surface area is 204 Å². The van der Waals surface area contributed by atoms with E-state index in [0.717, 1.165) is 60.6 Å². The highest BCUT2D eigenvalue weighted by atomic mass is 16.7. The van der Waals surface area contributed by atoms with Crippen LogP contribution in [-0.4, -0.2) is 66.3 Å². The highest BCUT2D eigenvalue weighted by Gasteiger charge is 2.49. The minimum Gasteiger partial charge on any atom is -0.454 e. The van der Waals surface area contributed by atoms with Gasteiger partial charge in [0.1, 0.15) is 5.54 Å². The van der Waals surface area contributed by atoms with Gasteiger partial charge in [-0.25, -0.2) is 9.69 Å². The summed E-state index contributed by atoms with van der Waals surface area (Å²) in [6.07, 6.45) is 0. The summed E-state index contributed by atoms with van der Waals surface area (Å²) in [7, 11) is 0. The first-order valence-corrected chi connectivity index (χ1v) is 12.0. The van der Waals surface area contributed by atoms with E-state index in [2.05, 4.69) is 21.2 Å². The van der Waals surface area contributed by atoms with Crippen LogP contribution in [0.1, 0.15) is 18.1 Å². The van der Waals surface area contributed by atoms with Gasteiger partial charge in [0.2, 0.25) is 6.79 Å². The summed E-state index contributed by atoms with van der Waals surface area (Å²) in [6.45, 7) is 6.49. The Morgan fingerprint density at radius 2 is 1.60 bits per heavy atom. The first-order valence-electron chi connectivity index (χ1n) is 12.0. The number of ether oxygens (including phenoxy) is 2. The van der Waals surface area contributed by atoms with Crippen LogP contribution in [-0.2, 0) is 16.9 Å². The molecule has 3 aliphatic rings. The molecule has 0 spiro atoms. The SMILES string of the molecule is CC1(c2ccc3ccccc3c2)NC(=O)N(CN2CCN(Cc3ccc4c(c3)OCO4)CC2)C1=O. The van der Waals surface area contributed by atoms with Crippen molar-refractivity contribution in [3.05, 3.63) is 71.8 Å². The second-order valence-corrected chi connectivity index (χ2v) is 9.57. The number of carbonyl (C=O) groups is 2. The molecule has 180 valence electrons. The summed E-state index contributed by atoms with van der Waals surface area (Å²) in [4.78, 5) is 32.2. The molecule has 8 nitrogen and oxygen atoms in total. The number of carbonyl (C=O) groups excluding carboxylic acids is 2. The van der Waals surface area contributed by atoms with E-state index in [1.807, 2.05) is 54.6 Å². The topological polar surface area (TPSA) is 74.4 Å². The van der Waals surface area contributed by atoms with Gasteiger partial charge >= 0.3 is 6.03 Å². The molecule has 3 aliphatic heterocycles. The molecular formula is C27H28N4O4. The van der Waals surface area contributed by atoms with Crippen LogP contribution >= 0.6 is 0 Å². The van der Waals surface area contributed by atoms with Gasteiger partial charge in [-0.15, -0.1) is 0 Å². The minimum atomic E-state index is -1.07. The molecule has 3 amide bonds. The number of rotatable bonds is 5. The smallest absolute Gasteiger partial charge is 0.326 e. The molecule has 35 heavy (non-hydrogen) atoms. The Kier molecular flexibility index (Phi) is 5.35. The molecule has 8 heteroatoms. The maximum atomic E-state index is 13.4. The van der Waals surface area contributed by atoms with Gasteiger partial charge in [-0.1, -0.05) is 42.5 Å². The number of urea groups is 1. The molecule has 0 saturated carbocycles. The summed E-state index contributed by atoms with van der Waals surface area (Å²) in [5, 5.41) is 5.09. The molecule has 2 saturated heterocycles. The number of fused-ring (bicyclic) bond motifs is 2. The lowest BCUT2D eigenvalue weighted by atomic mass is 9.90. The van der Waals surface area contributed by atoms with Crippen molar-refractivity contribution in [2.45, 2.75) is 19.0 Å². The molecule has 6 rings (SSSR count). The Morgan fingerprint density at radius 1 is 0.857 bits per heavy atom. The molecular weight excluding hydrogens is 444 g/mol. The molecule has 0 bridgehead atoms. The lowest BCUT2D eigenvalue weighted by Crippen LogP contribution is -2.51. The van der Waals surface area contributed by atoms with E-state index in [9.17, 15) is 9.59 Å².